The fraction of sp³-hybridized carbons (Fsp3) is 1.00. The molecule has 8 unspecified atom stereocenters. The molecule has 6 heteroatoms. The minimum atomic E-state index is -4.08. The summed E-state index contributed by atoms with van der Waals surface area (Å²) in [6.45, 7) is 2.22. The van der Waals surface area contributed by atoms with Crippen LogP contribution in [0.2, 0.25) is 0 Å². The van der Waals surface area contributed by atoms with Crippen molar-refractivity contribution in [3.8, 4) is 0 Å². The first-order valence-corrected chi connectivity index (χ1v) is 11.1. The van der Waals surface area contributed by atoms with Gasteiger partial charge in [0.25, 0.3) is 0 Å². The molecule has 0 radical (unpaired) electrons. The van der Waals surface area contributed by atoms with E-state index in [-0.39, 0.29) is 30.1 Å². The molecule has 0 aromatic heterocycles. The summed E-state index contributed by atoms with van der Waals surface area (Å²) in [5.41, 5.74) is 0.00241. The molecule has 4 saturated carbocycles. The zero-order valence-corrected chi connectivity index (χ0v) is 16.6. The second-order valence-electron chi connectivity index (χ2n) is 10.5. The van der Waals surface area contributed by atoms with E-state index in [1.807, 2.05) is 0 Å². The van der Waals surface area contributed by atoms with Crippen LogP contribution in [0.4, 0.5) is 26.3 Å². The van der Waals surface area contributed by atoms with E-state index in [9.17, 15) is 26.3 Å². The fourth-order valence-corrected chi connectivity index (χ4v) is 8.07. The Balaban J connectivity index is 1.44. The zero-order valence-electron chi connectivity index (χ0n) is 16.6. The van der Waals surface area contributed by atoms with Crippen LogP contribution in [0.3, 0.4) is 0 Å². The summed E-state index contributed by atoms with van der Waals surface area (Å²) in [5, 5.41) is 0. The molecule has 4 aliphatic rings. The average molecular weight is 410 g/mol. The van der Waals surface area contributed by atoms with Gasteiger partial charge in [0, 0.05) is 6.42 Å². The first-order chi connectivity index (χ1) is 13.0. The van der Waals surface area contributed by atoms with Gasteiger partial charge in [0.2, 0.25) is 0 Å². The smallest absolute Gasteiger partial charge is 0.171 e. The summed E-state index contributed by atoms with van der Waals surface area (Å²) in [5.74, 6) is 1.15. The highest BCUT2D eigenvalue weighted by atomic mass is 19.4. The van der Waals surface area contributed by atoms with E-state index in [1.165, 1.54) is 0 Å². The summed E-state index contributed by atoms with van der Waals surface area (Å²) >= 11 is 0. The summed E-state index contributed by atoms with van der Waals surface area (Å²) in [4.78, 5) is 0. The molecule has 0 saturated heterocycles. The summed E-state index contributed by atoms with van der Waals surface area (Å²) in [6, 6.07) is 0. The third-order valence-electron chi connectivity index (χ3n) is 9.39. The zero-order chi connectivity index (χ0) is 20.3. The highest BCUT2D eigenvalue weighted by molar-refractivity contribution is 5.06. The molecule has 0 aliphatic heterocycles. The Morgan fingerprint density at radius 2 is 1.50 bits per heavy atom. The lowest BCUT2D eigenvalue weighted by Gasteiger charge is -2.56. The Morgan fingerprint density at radius 1 is 0.786 bits per heavy atom. The summed E-state index contributed by atoms with van der Waals surface area (Å²) < 4.78 is 77.8. The van der Waals surface area contributed by atoms with Gasteiger partial charge in [-0.15, -0.1) is 0 Å². The van der Waals surface area contributed by atoms with E-state index in [4.69, 9.17) is 0 Å². The molecule has 28 heavy (non-hydrogen) atoms. The van der Waals surface area contributed by atoms with Gasteiger partial charge < -0.3 is 0 Å². The van der Waals surface area contributed by atoms with Crippen LogP contribution in [0, 0.1) is 46.8 Å². The third-order valence-corrected chi connectivity index (χ3v) is 9.39. The molecular formula is C22H32F6. The van der Waals surface area contributed by atoms with Crippen molar-refractivity contribution in [1.29, 1.82) is 0 Å². The van der Waals surface area contributed by atoms with Crippen molar-refractivity contribution in [3.63, 3.8) is 0 Å². The maximum atomic E-state index is 13.2. The Kier molecular flexibility index (Phi) is 5.27. The lowest BCUT2D eigenvalue weighted by atomic mass is 9.49. The van der Waals surface area contributed by atoms with Gasteiger partial charge in [-0.25, -0.2) is 0 Å². The molecule has 4 aliphatic carbocycles. The minimum Gasteiger partial charge on any atom is -0.171 e. The van der Waals surface area contributed by atoms with Crippen LogP contribution in [0.15, 0.2) is 0 Å². The van der Waals surface area contributed by atoms with Gasteiger partial charge in [0.1, 0.15) is 0 Å². The monoisotopic (exact) mass is 410 g/mol. The van der Waals surface area contributed by atoms with Crippen LogP contribution in [-0.4, -0.2) is 12.4 Å². The van der Waals surface area contributed by atoms with Crippen LogP contribution in [0.1, 0.15) is 77.6 Å². The van der Waals surface area contributed by atoms with Crippen LogP contribution in [0.5, 0.6) is 0 Å². The van der Waals surface area contributed by atoms with Gasteiger partial charge >= 0.3 is 12.4 Å². The lowest BCUT2D eigenvalue weighted by Crippen LogP contribution is -2.49. The normalized spacial score (nSPS) is 46.6. The van der Waals surface area contributed by atoms with E-state index < -0.39 is 24.7 Å². The van der Waals surface area contributed by atoms with Crippen molar-refractivity contribution in [2.75, 3.05) is 0 Å². The van der Waals surface area contributed by atoms with Gasteiger partial charge in [0.05, 0.1) is 5.92 Å². The first-order valence-electron chi connectivity index (χ1n) is 11.1. The summed E-state index contributed by atoms with van der Waals surface area (Å²) in [6.07, 6.45) is -1.57. The van der Waals surface area contributed by atoms with Gasteiger partial charge in [-0.3, -0.25) is 0 Å². The van der Waals surface area contributed by atoms with Crippen molar-refractivity contribution in [2.24, 2.45) is 46.8 Å². The Labute approximate surface area is 163 Å². The first kappa shape index (κ1) is 20.8. The highest BCUT2D eigenvalue weighted by Crippen LogP contribution is 2.65. The second-order valence-corrected chi connectivity index (χ2v) is 10.5. The topological polar surface area (TPSA) is 0 Å². The summed E-state index contributed by atoms with van der Waals surface area (Å²) in [7, 11) is 0. The molecule has 4 fully saturated rings. The molecule has 0 spiro atoms. The van der Waals surface area contributed by atoms with Gasteiger partial charge in [0.15, 0.2) is 0 Å². The number of rotatable bonds is 2. The van der Waals surface area contributed by atoms with E-state index >= 15 is 0 Å². The molecule has 8 atom stereocenters. The molecule has 4 rings (SSSR count). The van der Waals surface area contributed by atoms with Crippen LogP contribution >= 0.6 is 0 Å². The number of alkyl halides is 6. The number of halogens is 6. The number of hydrogen-bond acceptors (Lipinski definition) is 0. The van der Waals surface area contributed by atoms with Gasteiger partial charge in [-0.2, -0.15) is 26.3 Å². The van der Waals surface area contributed by atoms with Crippen molar-refractivity contribution in [2.45, 2.75) is 89.9 Å². The standard InChI is InChI=1S/C22H32F6/c1-20-10-9-17-16-6-3-15(22(26,27)28)12-13(16)2-5-18(17)19(20)7-4-14(20)8-11-21(23,24)25/h13-19H,2-12H2,1H3. The quantitative estimate of drug-likeness (QED) is 0.408. The number of fused-ring (bicyclic) bond motifs is 5. The maximum absolute atomic E-state index is 13.2. The molecule has 0 aromatic carbocycles. The molecule has 162 valence electrons. The highest BCUT2D eigenvalue weighted by Gasteiger charge is 2.58. The Bertz CT molecular complexity index is 566. The largest absolute Gasteiger partial charge is 0.391 e. The SMILES string of the molecule is CC12CCC3C4CCC(C(F)(F)F)CC4CCC3C1CCC2CCC(F)(F)F. The maximum Gasteiger partial charge on any atom is 0.391 e. The molecule has 0 amide bonds. The van der Waals surface area contributed by atoms with Crippen molar-refractivity contribution >= 4 is 0 Å². The van der Waals surface area contributed by atoms with E-state index in [1.54, 1.807) is 0 Å². The molecular weight excluding hydrogens is 378 g/mol. The Hall–Kier alpha value is -0.420. The molecule has 0 N–H and O–H groups in total. The van der Waals surface area contributed by atoms with Crippen molar-refractivity contribution < 1.29 is 26.3 Å². The van der Waals surface area contributed by atoms with Crippen molar-refractivity contribution in [1.82, 2.24) is 0 Å². The predicted octanol–water partition coefficient (Wildman–Crippen LogP) is 7.78. The van der Waals surface area contributed by atoms with Crippen LogP contribution in [-0.2, 0) is 0 Å². The van der Waals surface area contributed by atoms with Crippen molar-refractivity contribution in [3.05, 3.63) is 0 Å². The number of hydrogen-bond donors (Lipinski definition) is 0. The lowest BCUT2D eigenvalue weighted by molar-refractivity contribution is -0.196. The van der Waals surface area contributed by atoms with Gasteiger partial charge in [-0.05, 0) is 105 Å². The molecule has 0 nitrogen and oxygen atoms in total. The average Bonchev–Trinajstić information content (AvgIpc) is 2.94. The predicted molar refractivity (Wildman–Crippen MR) is 95.4 cm³/mol. The second kappa shape index (κ2) is 7.08. The fourth-order valence-electron chi connectivity index (χ4n) is 8.07. The molecule has 0 heterocycles. The van der Waals surface area contributed by atoms with E-state index in [0.29, 0.717) is 36.5 Å². The molecule has 0 aromatic rings. The Morgan fingerprint density at radius 3 is 2.18 bits per heavy atom. The van der Waals surface area contributed by atoms with E-state index in [2.05, 4.69) is 6.92 Å². The third kappa shape index (κ3) is 3.71. The minimum absolute atomic E-state index is 0.00241. The van der Waals surface area contributed by atoms with E-state index in [0.717, 1.165) is 38.5 Å². The van der Waals surface area contributed by atoms with Crippen LogP contribution in [0.25, 0.3) is 0 Å². The van der Waals surface area contributed by atoms with Gasteiger partial charge in [-0.1, -0.05) is 6.92 Å². The van der Waals surface area contributed by atoms with Crippen LogP contribution < -0.4 is 0 Å². The molecule has 0 bridgehead atoms.